The van der Waals surface area contributed by atoms with Crippen LogP contribution in [0.2, 0.25) is 0 Å². The number of ether oxygens (including phenoxy) is 2. The van der Waals surface area contributed by atoms with Gasteiger partial charge in [0.05, 0.1) is 25.6 Å². The number of pyridine rings is 2. The minimum atomic E-state index is 0. The Balaban J connectivity index is 0.00000260. The summed E-state index contributed by atoms with van der Waals surface area (Å²) in [5.74, 6) is 2.44. The molecule has 0 spiro atoms. The van der Waals surface area contributed by atoms with E-state index in [1.54, 1.807) is 37.2 Å². The Morgan fingerprint density at radius 3 is 1.44 bits per heavy atom. The summed E-state index contributed by atoms with van der Waals surface area (Å²) in [7, 11) is 0. The molecule has 4 aromatic heterocycles. The maximum absolute atomic E-state index is 6.09. The predicted molar refractivity (Wildman–Crippen MR) is 177 cm³/mol. The fourth-order valence-corrected chi connectivity index (χ4v) is 4.68. The van der Waals surface area contributed by atoms with Gasteiger partial charge < -0.3 is 34.7 Å². The van der Waals surface area contributed by atoms with Crippen LogP contribution in [-0.4, -0.2) is 65.4 Å². The van der Waals surface area contributed by atoms with Crippen molar-refractivity contribution in [1.29, 1.82) is 0 Å². The first-order valence-electron chi connectivity index (χ1n) is 14.3. The van der Waals surface area contributed by atoms with Crippen LogP contribution in [0.4, 0.5) is 0 Å². The number of unbranched alkanes of at least 4 members (excludes halogenated alkanes) is 1. The fraction of sp³-hybridized carbons (Fsp3) is 0.125. The van der Waals surface area contributed by atoms with E-state index in [2.05, 4.69) is 40.6 Å². The van der Waals surface area contributed by atoms with E-state index in [9.17, 15) is 0 Å². The van der Waals surface area contributed by atoms with Crippen LogP contribution in [0, 0.1) is 0 Å². The van der Waals surface area contributed by atoms with E-state index in [0.717, 1.165) is 35.1 Å². The van der Waals surface area contributed by atoms with Crippen LogP contribution in [0.5, 0.6) is 11.5 Å². The van der Waals surface area contributed by atoms with Crippen LogP contribution >= 0.6 is 0 Å². The van der Waals surface area contributed by atoms with E-state index < -0.39 is 0 Å². The van der Waals surface area contributed by atoms with E-state index >= 15 is 0 Å². The molecule has 4 heterocycles. The third-order valence-corrected chi connectivity index (χ3v) is 7.09. The zero-order chi connectivity index (χ0) is 31.6. The molecule has 230 valence electrons. The summed E-state index contributed by atoms with van der Waals surface area (Å²) in [6, 6.07) is 22.7. The van der Waals surface area contributed by atoms with Crippen LogP contribution in [0.25, 0.3) is 22.8 Å². The Morgan fingerprint density at radius 2 is 1.02 bits per heavy atom. The first kappa shape index (κ1) is 38.5. The molecule has 0 bridgehead atoms. The summed E-state index contributed by atoms with van der Waals surface area (Å²) in [6.07, 6.45) is 11.7. The first-order chi connectivity index (χ1) is 22.7. The molecule has 0 N–H and O–H groups in total. The summed E-state index contributed by atoms with van der Waals surface area (Å²) in [6.45, 7) is 1.01. The van der Waals surface area contributed by atoms with Crippen LogP contribution in [0.15, 0.2) is 118 Å². The van der Waals surface area contributed by atoms with Crippen molar-refractivity contribution in [3.63, 3.8) is 0 Å². The molecule has 48 heavy (non-hydrogen) atoms. The van der Waals surface area contributed by atoms with Crippen molar-refractivity contribution in [3.8, 4) is 34.3 Å². The smallest absolute Gasteiger partial charge is 0.738 e. The van der Waals surface area contributed by atoms with Crippen molar-refractivity contribution in [3.05, 3.63) is 109 Å². The number of hydrogen-bond donors (Lipinski definition) is 0. The van der Waals surface area contributed by atoms with Gasteiger partial charge in [0.2, 0.25) is 0 Å². The van der Waals surface area contributed by atoms with E-state index in [1.165, 1.54) is 9.35 Å². The Morgan fingerprint density at radius 1 is 0.583 bits per heavy atom. The summed E-state index contributed by atoms with van der Waals surface area (Å²) in [4.78, 5) is 8.28. The predicted octanol–water partition coefficient (Wildman–Crippen LogP) is -1.18. The quantitative estimate of drug-likeness (QED) is 0.0621. The van der Waals surface area contributed by atoms with Gasteiger partial charge in [0, 0.05) is 57.4 Å². The SMILES string of the molecule is [K+].[K+].[S-]c1nnc(-c2cccnc2)n1/N=C\c1ccccc1OCCCCOc1ccccc1/C=N\n1c([S-])nnc1-c1cccnc1. The summed E-state index contributed by atoms with van der Waals surface area (Å²) < 4.78 is 15.2. The third-order valence-electron chi connectivity index (χ3n) is 6.58. The standard InChI is InChI=1S/C32H28N10O2S2.2K/c45-31-39-37-29(25-11-7-15-33-19-25)41(31)35-21-23-9-1-3-13-27(23)43-17-5-6-18-44-28-14-4-2-10-24(28)22-36-42-30(38-40-32(42)46)26-12-8-16-34-20-26;;/h1-4,7-16,19-22H,5-6,17-18H2,(H,39,45)(H,40,46);;/q;2*+1/p-2/b35-21-,36-22-;;. The number of para-hydroxylation sites is 2. The maximum atomic E-state index is 6.09. The monoisotopic (exact) mass is 724 g/mol. The molecule has 0 aliphatic carbocycles. The second-order valence-electron chi connectivity index (χ2n) is 9.69. The van der Waals surface area contributed by atoms with Gasteiger partial charge in [-0.05, 0) is 61.4 Å². The van der Waals surface area contributed by atoms with E-state index in [-0.39, 0.29) is 113 Å². The average molecular weight is 725 g/mol. The van der Waals surface area contributed by atoms with Gasteiger partial charge in [-0.1, -0.05) is 24.3 Å². The van der Waals surface area contributed by atoms with Crippen molar-refractivity contribution in [2.75, 3.05) is 13.2 Å². The van der Waals surface area contributed by atoms with Crippen LogP contribution in [-0.2, 0) is 25.3 Å². The van der Waals surface area contributed by atoms with E-state index in [0.29, 0.717) is 36.4 Å². The van der Waals surface area contributed by atoms with Gasteiger partial charge in [0.25, 0.3) is 0 Å². The van der Waals surface area contributed by atoms with Gasteiger partial charge in [0.1, 0.15) is 11.5 Å². The zero-order valence-electron chi connectivity index (χ0n) is 26.3. The van der Waals surface area contributed by atoms with Gasteiger partial charge >= 0.3 is 103 Å². The molecular formula is C32H26K2N10O2S2. The number of rotatable bonds is 13. The molecular weight excluding hydrogens is 699 g/mol. The zero-order valence-corrected chi connectivity index (χ0v) is 34.2. The molecule has 0 aliphatic rings. The van der Waals surface area contributed by atoms with E-state index in [4.69, 9.17) is 34.7 Å². The Bertz CT molecular complexity index is 1820. The fourth-order valence-electron chi connectivity index (χ4n) is 4.33. The molecule has 0 radical (unpaired) electrons. The molecule has 16 heteroatoms. The molecule has 0 saturated carbocycles. The number of aromatic nitrogens is 8. The average Bonchev–Trinajstić information content (AvgIpc) is 3.67. The molecule has 0 saturated heterocycles. The molecule has 6 rings (SSSR count). The van der Waals surface area contributed by atoms with Gasteiger partial charge in [-0.3, -0.25) is 9.97 Å². The molecule has 2 aromatic carbocycles. The van der Waals surface area contributed by atoms with Crippen molar-refractivity contribution < 1.29 is 112 Å². The second kappa shape index (κ2) is 19.8. The van der Waals surface area contributed by atoms with Gasteiger partial charge in [-0.15, -0.1) is 10.2 Å². The summed E-state index contributed by atoms with van der Waals surface area (Å²) >= 11 is 10.7. The summed E-state index contributed by atoms with van der Waals surface area (Å²) in [5.41, 5.74) is 3.13. The Kier molecular flexibility index (Phi) is 15.8. The molecule has 6 aromatic rings. The topological polar surface area (TPSA) is 130 Å². The van der Waals surface area contributed by atoms with Crippen LogP contribution in [0.3, 0.4) is 0 Å². The normalized spacial score (nSPS) is 10.9. The molecule has 12 nitrogen and oxygen atoms in total. The Hall–Kier alpha value is -2.33. The second-order valence-corrected chi connectivity index (χ2v) is 10.4. The van der Waals surface area contributed by atoms with Gasteiger partial charge in [-0.2, -0.15) is 20.4 Å². The third kappa shape index (κ3) is 10.1. The van der Waals surface area contributed by atoms with Gasteiger partial charge in [-0.25, -0.2) is 9.35 Å². The van der Waals surface area contributed by atoms with Crippen molar-refractivity contribution >= 4 is 37.7 Å². The molecule has 0 amide bonds. The van der Waals surface area contributed by atoms with Crippen molar-refractivity contribution in [1.82, 2.24) is 39.7 Å². The van der Waals surface area contributed by atoms with Crippen LogP contribution in [0.1, 0.15) is 24.0 Å². The molecule has 0 fully saturated rings. The number of nitrogens with zero attached hydrogens (tertiary/aromatic N) is 10. The maximum Gasteiger partial charge on any atom is 1.00 e. The first-order valence-corrected chi connectivity index (χ1v) is 15.1. The largest absolute Gasteiger partial charge is 1.00 e. The minimum Gasteiger partial charge on any atom is -0.738 e. The molecule has 0 unspecified atom stereocenters. The van der Waals surface area contributed by atoms with Crippen molar-refractivity contribution in [2.45, 2.75) is 23.2 Å². The van der Waals surface area contributed by atoms with Crippen molar-refractivity contribution in [2.24, 2.45) is 10.2 Å². The Labute approximate surface area is 373 Å². The number of hydrogen-bond acceptors (Lipinski definition) is 12. The van der Waals surface area contributed by atoms with Crippen LogP contribution < -0.4 is 112 Å². The van der Waals surface area contributed by atoms with Gasteiger partial charge in [0.15, 0.2) is 11.6 Å². The van der Waals surface area contributed by atoms with E-state index in [1.807, 2.05) is 72.8 Å². The minimum absolute atomic E-state index is 0. The number of benzene rings is 2. The molecule has 0 aliphatic heterocycles. The molecule has 0 atom stereocenters. The summed E-state index contributed by atoms with van der Waals surface area (Å²) in [5, 5.41) is 25.9.